The van der Waals surface area contributed by atoms with Crippen LogP contribution >= 0.6 is 0 Å². The maximum atomic E-state index is 11.1. The lowest BCUT2D eigenvalue weighted by Gasteiger charge is -1.98. The topological polar surface area (TPSA) is 88.2 Å². The maximum absolute atomic E-state index is 11.1. The highest BCUT2D eigenvalue weighted by atomic mass is 16.4. The van der Waals surface area contributed by atoms with Gasteiger partial charge in [0, 0.05) is 24.6 Å². The fraction of sp³-hybridized carbons (Fsp3) is 0.250. The molecule has 0 unspecified atom stereocenters. The molecule has 0 aromatic carbocycles. The predicted molar refractivity (Wildman–Crippen MR) is 63.7 cm³/mol. The molecule has 0 radical (unpaired) electrons. The molecule has 2 N–H and O–H groups in total. The molecule has 0 saturated heterocycles. The van der Waals surface area contributed by atoms with Gasteiger partial charge in [-0.2, -0.15) is 5.10 Å². The number of aliphatic hydroxyl groups is 1. The fourth-order valence-electron chi connectivity index (χ4n) is 1.66. The number of aliphatic hydroxyl groups excluding tert-OH is 1. The summed E-state index contributed by atoms with van der Waals surface area (Å²) in [4.78, 5) is 15.0. The number of carbonyl (C=O) groups is 1. The Kier molecular flexibility index (Phi) is 3.69. The zero-order valence-corrected chi connectivity index (χ0v) is 9.65. The van der Waals surface area contributed by atoms with E-state index in [4.69, 9.17) is 10.2 Å². The molecule has 0 amide bonds. The average molecular weight is 247 g/mol. The van der Waals surface area contributed by atoms with Gasteiger partial charge in [0.2, 0.25) is 0 Å². The predicted octanol–water partition coefficient (Wildman–Crippen LogP) is 0.890. The third-order valence-corrected chi connectivity index (χ3v) is 2.51. The monoisotopic (exact) mass is 247 g/mol. The van der Waals surface area contributed by atoms with Crippen LogP contribution in [0.25, 0.3) is 5.69 Å². The number of carboxylic acid groups (broad SMARTS) is 1. The molecule has 2 aromatic rings. The molecule has 0 spiro atoms. The Balaban J connectivity index is 2.36. The van der Waals surface area contributed by atoms with Gasteiger partial charge in [0.1, 0.15) is 0 Å². The van der Waals surface area contributed by atoms with Crippen molar-refractivity contribution < 1.29 is 15.0 Å². The smallest absolute Gasteiger partial charge is 0.356 e. The molecular weight excluding hydrogens is 234 g/mol. The number of aromatic carboxylic acids is 1. The Labute approximate surface area is 104 Å². The molecule has 2 rings (SSSR count). The number of aromatic nitrogens is 3. The van der Waals surface area contributed by atoms with Crippen molar-refractivity contribution in [2.75, 3.05) is 6.61 Å². The number of nitrogens with zero attached hydrogens (tertiary/aromatic N) is 3. The van der Waals surface area contributed by atoms with Crippen LogP contribution in [0.4, 0.5) is 0 Å². The summed E-state index contributed by atoms with van der Waals surface area (Å²) in [5.74, 6) is -1.06. The summed E-state index contributed by atoms with van der Waals surface area (Å²) in [6, 6.07) is 3.55. The Hall–Kier alpha value is -2.21. The minimum atomic E-state index is -1.06. The van der Waals surface area contributed by atoms with E-state index in [1.54, 1.807) is 30.7 Å². The first kappa shape index (κ1) is 12.3. The van der Waals surface area contributed by atoms with Crippen molar-refractivity contribution >= 4 is 5.97 Å². The molecule has 0 aliphatic heterocycles. The molecule has 0 saturated carbocycles. The highest BCUT2D eigenvalue weighted by Crippen LogP contribution is 2.13. The van der Waals surface area contributed by atoms with Crippen molar-refractivity contribution in [2.24, 2.45) is 0 Å². The molecule has 0 bridgehead atoms. The van der Waals surface area contributed by atoms with Crippen molar-refractivity contribution in [1.82, 2.24) is 14.8 Å². The minimum Gasteiger partial charge on any atom is -0.476 e. The summed E-state index contributed by atoms with van der Waals surface area (Å²) in [7, 11) is 0. The Morgan fingerprint density at radius 2 is 2.28 bits per heavy atom. The minimum absolute atomic E-state index is 0.0207. The normalized spacial score (nSPS) is 10.5. The van der Waals surface area contributed by atoms with Crippen LogP contribution in [0, 0.1) is 0 Å². The van der Waals surface area contributed by atoms with Gasteiger partial charge in [0.25, 0.3) is 0 Å². The van der Waals surface area contributed by atoms with E-state index in [-0.39, 0.29) is 12.3 Å². The van der Waals surface area contributed by atoms with E-state index in [0.29, 0.717) is 24.1 Å². The van der Waals surface area contributed by atoms with Gasteiger partial charge in [-0.05, 0) is 25.0 Å². The van der Waals surface area contributed by atoms with Crippen LogP contribution in [0.5, 0.6) is 0 Å². The quantitative estimate of drug-likeness (QED) is 0.819. The zero-order valence-electron chi connectivity index (χ0n) is 9.65. The van der Waals surface area contributed by atoms with Crippen LogP contribution in [0.1, 0.15) is 22.5 Å². The summed E-state index contributed by atoms with van der Waals surface area (Å²) in [5.41, 5.74) is 1.34. The van der Waals surface area contributed by atoms with Crippen molar-refractivity contribution in [1.29, 1.82) is 0 Å². The second-order valence-corrected chi connectivity index (χ2v) is 3.79. The van der Waals surface area contributed by atoms with Gasteiger partial charge in [0.15, 0.2) is 5.69 Å². The first-order chi connectivity index (χ1) is 8.72. The molecule has 6 heteroatoms. The number of hydrogen-bond donors (Lipinski definition) is 2. The van der Waals surface area contributed by atoms with Crippen LogP contribution in [0.2, 0.25) is 0 Å². The van der Waals surface area contributed by atoms with Gasteiger partial charge in [-0.3, -0.25) is 4.98 Å². The van der Waals surface area contributed by atoms with E-state index < -0.39 is 5.97 Å². The van der Waals surface area contributed by atoms with Crippen LogP contribution in [0.3, 0.4) is 0 Å². The Bertz CT molecular complexity index is 537. The molecule has 2 aromatic heterocycles. The number of aryl methyl sites for hydroxylation is 1. The first-order valence-corrected chi connectivity index (χ1v) is 5.55. The molecule has 0 fully saturated rings. The van der Waals surface area contributed by atoms with Crippen molar-refractivity contribution in [3.8, 4) is 5.69 Å². The molecule has 6 nitrogen and oxygen atoms in total. The molecule has 94 valence electrons. The SMILES string of the molecule is O=C(O)c1nn(-c2cccnc2)cc1CCCO. The largest absolute Gasteiger partial charge is 0.476 e. The number of pyridine rings is 1. The summed E-state index contributed by atoms with van der Waals surface area (Å²) in [5, 5.41) is 21.9. The molecule has 0 atom stereocenters. The number of hydrogen-bond acceptors (Lipinski definition) is 4. The Morgan fingerprint density at radius 1 is 1.44 bits per heavy atom. The molecule has 0 aliphatic carbocycles. The molecule has 2 heterocycles. The summed E-state index contributed by atoms with van der Waals surface area (Å²) < 4.78 is 1.49. The molecule has 18 heavy (non-hydrogen) atoms. The molecule has 0 aliphatic rings. The van der Waals surface area contributed by atoms with E-state index in [1.807, 2.05) is 0 Å². The lowest BCUT2D eigenvalue weighted by atomic mass is 10.1. The Morgan fingerprint density at radius 3 is 2.89 bits per heavy atom. The van der Waals surface area contributed by atoms with Crippen molar-refractivity contribution in [3.63, 3.8) is 0 Å². The van der Waals surface area contributed by atoms with E-state index >= 15 is 0 Å². The van der Waals surface area contributed by atoms with Gasteiger partial charge in [0.05, 0.1) is 11.9 Å². The van der Waals surface area contributed by atoms with Crippen LogP contribution in [0.15, 0.2) is 30.7 Å². The van der Waals surface area contributed by atoms with E-state index in [2.05, 4.69) is 10.1 Å². The lowest BCUT2D eigenvalue weighted by molar-refractivity contribution is 0.0688. The first-order valence-electron chi connectivity index (χ1n) is 5.55. The zero-order chi connectivity index (χ0) is 13.0. The van der Waals surface area contributed by atoms with Crippen molar-refractivity contribution in [2.45, 2.75) is 12.8 Å². The highest BCUT2D eigenvalue weighted by molar-refractivity contribution is 5.87. The third-order valence-electron chi connectivity index (χ3n) is 2.51. The second-order valence-electron chi connectivity index (χ2n) is 3.79. The van der Waals surface area contributed by atoms with Crippen LogP contribution in [-0.2, 0) is 6.42 Å². The van der Waals surface area contributed by atoms with Gasteiger partial charge in [-0.25, -0.2) is 9.48 Å². The van der Waals surface area contributed by atoms with Crippen LogP contribution < -0.4 is 0 Å². The fourth-order valence-corrected chi connectivity index (χ4v) is 1.66. The van der Waals surface area contributed by atoms with Gasteiger partial charge >= 0.3 is 5.97 Å². The number of rotatable bonds is 5. The van der Waals surface area contributed by atoms with Gasteiger partial charge < -0.3 is 10.2 Å². The van der Waals surface area contributed by atoms with E-state index in [1.165, 1.54) is 4.68 Å². The third kappa shape index (κ3) is 2.54. The molecular formula is C12H13N3O3. The van der Waals surface area contributed by atoms with Crippen molar-refractivity contribution in [3.05, 3.63) is 42.0 Å². The van der Waals surface area contributed by atoms with Gasteiger partial charge in [-0.1, -0.05) is 0 Å². The van der Waals surface area contributed by atoms with Gasteiger partial charge in [-0.15, -0.1) is 0 Å². The standard InChI is InChI=1S/C12H13N3O3/c16-6-2-3-9-8-15(14-11(9)12(17)18)10-4-1-5-13-7-10/h1,4-5,7-8,16H,2-3,6H2,(H,17,18). The lowest BCUT2D eigenvalue weighted by Crippen LogP contribution is -2.03. The summed E-state index contributed by atoms with van der Waals surface area (Å²) in [6.45, 7) is 0.0249. The highest BCUT2D eigenvalue weighted by Gasteiger charge is 2.15. The summed E-state index contributed by atoms with van der Waals surface area (Å²) in [6.07, 6.45) is 5.90. The average Bonchev–Trinajstić information content (AvgIpc) is 2.81. The summed E-state index contributed by atoms with van der Waals surface area (Å²) >= 11 is 0. The van der Waals surface area contributed by atoms with Crippen LogP contribution in [-0.4, -0.2) is 37.6 Å². The number of carboxylic acids is 1. The van der Waals surface area contributed by atoms with E-state index in [0.717, 1.165) is 0 Å². The van der Waals surface area contributed by atoms with E-state index in [9.17, 15) is 4.79 Å². The second kappa shape index (κ2) is 5.42. The maximum Gasteiger partial charge on any atom is 0.356 e.